The minimum atomic E-state index is -0.477. The van der Waals surface area contributed by atoms with Crippen LogP contribution in [-0.2, 0) is 20.8 Å². The van der Waals surface area contributed by atoms with Crippen LogP contribution in [-0.4, -0.2) is 71.7 Å². The Kier molecular flexibility index (Phi) is 7.11. The molecule has 2 fully saturated rings. The average molecular weight is 448 g/mol. The van der Waals surface area contributed by atoms with E-state index in [9.17, 15) is 14.4 Å². The first kappa shape index (κ1) is 23.0. The third kappa shape index (κ3) is 5.44. The lowest BCUT2D eigenvalue weighted by Gasteiger charge is -2.39. The van der Waals surface area contributed by atoms with Crippen LogP contribution in [0.1, 0.15) is 36.8 Å². The third-order valence-electron chi connectivity index (χ3n) is 6.79. The molecule has 6 heteroatoms. The SMILES string of the molecule is Cc1ccc(-c2ccc(C[C@H]3C(=O)N(C)CCN3C(=O)CCCN3CCCC3=O)cc2)cc1. The monoisotopic (exact) mass is 447 g/mol. The van der Waals surface area contributed by atoms with Gasteiger partial charge in [-0.2, -0.15) is 0 Å². The zero-order valence-corrected chi connectivity index (χ0v) is 19.6. The molecule has 0 unspecified atom stereocenters. The van der Waals surface area contributed by atoms with Crippen LogP contribution in [0.25, 0.3) is 11.1 Å². The zero-order chi connectivity index (χ0) is 23.4. The molecule has 0 saturated carbocycles. The summed E-state index contributed by atoms with van der Waals surface area (Å²) in [4.78, 5) is 43.1. The lowest BCUT2D eigenvalue weighted by Crippen LogP contribution is -2.58. The first-order chi connectivity index (χ1) is 15.9. The Morgan fingerprint density at radius 2 is 1.61 bits per heavy atom. The Morgan fingerprint density at radius 1 is 0.939 bits per heavy atom. The molecule has 33 heavy (non-hydrogen) atoms. The molecule has 1 atom stereocenters. The standard InChI is InChI=1S/C27H33N3O3/c1-20-7-11-22(12-8-20)23-13-9-21(10-14-23)19-24-27(33)28(2)17-18-30(24)26(32)6-4-16-29-15-3-5-25(29)31/h7-14,24H,3-6,15-19H2,1-2H3/t24-/m0/s1. The molecule has 2 aromatic carbocycles. The normalized spacial score (nSPS) is 18.8. The van der Waals surface area contributed by atoms with E-state index in [0.717, 1.165) is 29.7 Å². The molecule has 0 aromatic heterocycles. The quantitative estimate of drug-likeness (QED) is 0.655. The number of carbonyl (C=O) groups excluding carboxylic acids is 3. The van der Waals surface area contributed by atoms with Crippen molar-refractivity contribution in [2.45, 2.75) is 45.1 Å². The number of likely N-dealkylation sites (N-methyl/N-ethyl adjacent to an activating group) is 1. The molecule has 6 nitrogen and oxygen atoms in total. The molecule has 3 amide bonds. The second kappa shape index (κ2) is 10.2. The molecule has 0 aliphatic carbocycles. The number of hydrogen-bond acceptors (Lipinski definition) is 3. The smallest absolute Gasteiger partial charge is 0.245 e. The second-order valence-electron chi connectivity index (χ2n) is 9.22. The fourth-order valence-corrected chi connectivity index (χ4v) is 4.72. The number of benzene rings is 2. The molecule has 4 rings (SSSR count). The van der Waals surface area contributed by atoms with E-state index in [1.165, 1.54) is 5.56 Å². The molecule has 2 aromatic rings. The molecule has 0 bridgehead atoms. The number of likely N-dealkylation sites (tertiary alicyclic amines) is 1. The predicted molar refractivity (Wildman–Crippen MR) is 129 cm³/mol. The maximum atomic E-state index is 13.0. The van der Waals surface area contributed by atoms with Crippen molar-refractivity contribution in [2.24, 2.45) is 0 Å². The molecule has 174 valence electrons. The Hall–Kier alpha value is -3.15. The summed E-state index contributed by atoms with van der Waals surface area (Å²) in [6.45, 7) is 4.59. The maximum Gasteiger partial charge on any atom is 0.245 e. The van der Waals surface area contributed by atoms with Crippen molar-refractivity contribution in [1.29, 1.82) is 0 Å². The largest absolute Gasteiger partial charge is 0.343 e. The van der Waals surface area contributed by atoms with Gasteiger partial charge in [0.2, 0.25) is 17.7 Å². The fraction of sp³-hybridized carbons (Fsp3) is 0.444. The van der Waals surface area contributed by atoms with Crippen molar-refractivity contribution in [3.05, 3.63) is 59.7 Å². The average Bonchev–Trinajstić information content (AvgIpc) is 3.22. The van der Waals surface area contributed by atoms with Crippen LogP contribution in [0.5, 0.6) is 0 Å². The minimum Gasteiger partial charge on any atom is -0.343 e. The van der Waals surface area contributed by atoms with E-state index in [4.69, 9.17) is 0 Å². The summed E-state index contributed by atoms with van der Waals surface area (Å²) in [5.41, 5.74) is 4.57. The fourth-order valence-electron chi connectivity index (χ4n) is 4.72. The van der Waals surface area contributed by atoms with Gasteiger partial charge in [-0.25, -0.2) is 0 Å². The topological polar surface area (TPSA) is 60.9 Å². The summed E-state index contributed by atoms with van der Waals surface area (Å²) >= 11 is 0. The van der Waals surface area contributed by atoms with Gasteiger partial charge in [-0.1, -0.05) is 54.1 Å². The van der Waals surface area contributed by atoms with Crippen LogP contribution in [0.3, 0.4) is 0 Å². The third-order valence-corrected chi connectivity index (χ3v) is 6.79. The first-order valence-electron chi connectivity index (χ1n) is 11.9. The summed E-state index contributed by atoms with van der Waals surface area (Å²) in [7, 11) is 1.80. The summed E-state index contributed by atoms with van der Waals surface area (Å²) in [5, 5.41) is 0. The highest BCUT2D eigenvalue weighted by Gasteiger charge is 2.35. The zero-order valence-electron chi connectivity index (χ0n) is 19.6. The van der Waals surface area contributed by atoms with E-state index < -0.39 is 6.04 Å². The van der Waals surface area contributed by atoms with Crippen molar-refractivity contribution >= 4 is 17.7 Å². The van der Waals surface area contributed by atoms with E-state index in [1.807, 2.05) is 4.90 Å². The van der Waals surface area contributed by atoms with Crippen molar-refractivity contribution < 1.29 is 14.4 Å². The highest BCUT2D eigenvalue weighted by Crippen LogP contribution is 2.23. The number of hydrogen-bond donors (Lipinski definition) is 0. The van der Waals surface area contributed by atoms with E-state index in [1.54, 1.807) is 16.8 Å². The Morgan fingerprint density at radius 3 is 2.24 bits per heavy atom. The summed E-state index contributed by atoms with van der Waals surface area (Å²) in [6.07, 6.45) is 3.04. The number of aryl methyl sites for hydroxylation is 1. The number of carbonyl (C=O) groups is 3. The number of piperazine rings is 1. The van der Waals surface area contributed by atoms with Crippen molar-refractivity contribution in [3.63, 3.8) is 0 Å². The lowest BCUT2D eigenvalue weighted by molar-refractivity contribution is -0.150. The Bertz CT molecular complexity index is 1000. The first-order valence-corrected chi connectivity index (χ1v) is 11.9. The van der Waals surface area contributed by atoms with Crippen LogP contribution < -0.4 is 0 Å². The molecular weight excluding hydrogens is 414 g/mol. The van der Waals surface area contributed by atoms with Gasteiger partial charge in [0.1, 0.15) is 6.04 Å². The van der Waals surface area contributed by atoms with Crippen LogP contribution in [0, 0.1) is 6.92 Å². The van der Waals surface area contributed by atoms with Gasteiger partial charge in [-0.3, -0.25) is 14.4 Å². The van der Waals surface area contributed by atoms with Crippen LogP contribution >= 0.6 is 0 Å². The molecule has 2 saturated heterocycles. The van der Waals surface area contributed by atoms with Gasteiger partial charge in [0.05, 0.1) is 0 Å². The van der Waals surface area contributed by atoms with Gasteiger partial charge >= 0.3 is 0 Å². The van der Waals surface area contributed by atoms with Crippen molar-refractivity contribution in [3.8, 4) is 11.1 Å². The highest BCUT2D eigenvalue weighted by molar-refractivity contribution is 5.89. The molecule has 2 aliphatic heterocycles. The predicted octanol–water partition coefficient (Wildman–Crippen LogP) is 3.28. The molecule has 0 radical (unpaired) electrons. The van der Waals surface area contributed by atoms with Crippen LogP contribution in [0.15, 0.2) is 48.5 Å². The van der Waals surface area contributed by atoms with Gasteiger partial charge in [-0.05, 0) is 36.5 Å². The van der Waals surface area contributed by atoms with Crippen molar-refractivity contribution in [2.75, 3.05) is 33.2 Å². The maximum absolute atomic E-state index is 13.0. The van der Waals surface area contributed by atoms with Gasteiger partial charge in [-0.15, -0.1) is 0 Å². The molecule has 0 spiro atoms. The summed E-state index contributed by atoms with van der Waals surface area (Å²) < 4.78 is 0. The van der Waals surface area contributed by atoms with E-state index in [-0.39, 0.29) is 17.7 Å². The molecule has 2 aliphatic rings. The number of nitrogens with zero attached hydrogens (tertiary/aromatic N) is 3. The minimum absolute atomic E-state index is 0.00405. The molecule has 0 N–H and O–H groups in total. The lowest BCUT2D eigenvalue weighted by atomic mass is 9.97. The van der Waals surface area contributed by atoms with Crippen molar-refractivity contribution in [1.82, 2.24) is 14.7 Å². The van der Waals surface area contributed by atoms with Crippen LogP contribution in [0.4, 0.5) is 0 Å². The van der Waals surface area contributed by atoms with Gasteiger partial charge in [0, 0.05) is 52.5 Å². The Labute approximate surface area is 196 Å². The molecular formula is C27H33N3O3. The van der Waals surface area contributed by atoms with E-state index >= 15 is 0 Å². The highest BCUT2D eigenvalue weighted by atomic mass is 16.2. The number of rotatable bonds is 7. The Balaban J connectivity index is 1.40. The van der Waals surface area contributed by atoms with Gasteiger partial charge in [0.15, 0.2) is 0 Å². The van der Waals surface area contributed by atoms with E-state index in [0.29, 0.717) is 45.3 Å². The summed E-state index contributed by atoms with van der Waals surface area (Å²) in [5.74, 6) is 0.181. The molecule has 2 heterocycles. The second-order valence-corrected chi connectivity index (χ2v) is 9.22. The summed E-state index contributed by atoms with van der Waals surface area (Å²) in [6, 6.07) is 16.2. The van der Waals surface area contributed by atoms with Gasteiger partial charge in [0.25, 0.3) is 0 Å². The van der Waals surface area contributed by atoms with E-state index in [2.05, 4.69) is 55.5 Å². The number of amides is 3. The van der Waals surface area contributed by atoms with Gasteiger partial charge < -0.3 is 14.7 Å². The van der Waals surface area contributed by atoms with Crippen LogP contribution in [0.2, 0.25) is 0 Å².